The van der Waals surface area contributed by atoms with Crippen molar-refractivity contribution in [3.8, 4) is 0 Å². The van der Waals surface area contributed by atoms with Crippen molar-refractivity contribution in [2.75, 3.05) is 6.61 Å². The maximum atomic E-state index is 13.1. The fourth-order valence-corrected chi connectivity index (χ4v) is 2.12. The zero-order valence-corrected chi connectivity index (χ0v) is 10.4. The standard InChI is InChI=1S/C14H21FO/c1-4-7-14(3,10-16)9-12-8-13(15)6-5-11(12)2/h5-6,8,16H,4,7,9-10H2,1-3H3. The van der Waals surface area contributed by atoms with E-state index >= 15 is 0 Å². The Labute approximate surface area is 97.3 Å². The third-order valence-corrected chi connectivity index (χ3v) is 3.16. The van der Waals surface area contributed by atoms with Gasteiger partial charge in [0.1, 0.15) is 5.82 Å². The molecule has 0 bridgehead atoms. The highest BCUT2D eigenvalue weighted by atomic mass is 19.1. The summed E-state index contributed by atoms with van der Waals surface area (Å²) >= 11 is 0. The molecule has 1 atom stereocenters. The number of halogens is 1. The number of benzene rings is 1. The highest BCUT2D eigenvalue weighted by Gasteiger charge is 2.23. The van der Waals surface area contributed by atoms with Gasteiger partial charge in [-0.1, -0.05) is 26.3 Å². The Morgan fingerprint density at radius 3 is 2.62 bits per heavy atom. The lowest BCUT2D eigenvalue weighted by Crippen LogP contribution is -2.24. The van der Waals surface area contributed by atoms with Crippen LogP contribution < -0.4 is 0 Å². The highest BCUT2D eigenvalue weighted by molar-refractivity contribution is 5.27. The maximum absolute atomic E-state index is 13.1. The first-order chi connectivity index (χ1) is 7.50. The lowest BCUT2D eigenvalue weighted by molar-refractivity contribution is 0.131. The minimum absolute atomic E-state index is 0.132. The normalized spacial score (nSPS) is 14.8. The zero-order chi connectivity index (χ0) is 12.2. The summed E-state index contributed by atoms with van der Waals surface area (Å²) in [6, 6.07) is 4.86. The quantitative estimate of drug-likeness (QED) is 0.812. The molecule has 16 heavy (non-hydrogen) atoms. The molecule has 0 aliphatic carbocycles. The molecule has 0 heterocycles. The van der Waals surface area contributed by atoms with Gasteiger partial charge in [0.05, 0.1) is 0 Å². The first kappa shape index (κ1) is 13.2. The number of aliphatic hydroxyl groups is 1. The molecule has 0 aliphatic heterocycles. The maximum Gasteiger partial charge on any atom is 0.123 e. The van der Waals surface area contributed by atoms with Crippen molar-refractivity contribution in [2.24, 2.45) is 5.41 Å². The molecule has 0 aliphatic rings. The van der Waals surface area contributed by atoms with E-state index in [4.69, 9.17) is 0 Å². The van der Waals surface area contributed by atoms with E-state index in [-0.39, 0.29) is 17.8 Å². The molecule has 0 fully saturated rings. The Bertz CT molecular complexity index is 349. The molecule has 1 aromatic rings. The second kappa shape index (κ2) is 5.44. The third-order valence-electron chi connectivity index (χ3n) is 3.16. The van der Waals surface area contributed by atoms with Crippen molar-refractivity contribution in [3.05, 3.63) is 35.1 Å². The van der Waals surface area contributed by atoms with Crippen molar-refractivity contribution < 1.29 is 9.50 Å². The minimum atomic E-state index is -0.197. The third kappa shape index (κ3) is 3.31. The van der Waals surface area contributed by atoms with Gasteiger partial charge >= 0.3 is 0 Å². The molecule has 1 unspecified atom stereocenters. The van der Waals surface area contributed by atoms with E-state index in [0.717, 1.165) is 30.4 Å². The summed E-state index contributed by atoms with van der Waals surface area (Å²) in [5, 5.41) is 9.44. The van der Waals surface area contributed by atoms with Crippen LogP contribution in [0.15, 0.2) is 18.2 Å². The van der Waals surface area contributed by atoms with E-state index < -0.39 is 0 Å². The van der Waals surface area contributed by atoms with Crippen LogP contribution in [0.1, 0.15) is 37.8 Å². The summed E-state index contributed by atoms with van der Waals surface area (Å²) < 4.78 is 13.1. The highest BCUT2D eigenvalue weighted by Crippen LogP contribution is 2.29. The molecule has 1 rings (SSSR count). The zero-order valence-electron chi connectivity index (χ0n) is 10.4. The summed E-state index contributed by atoms with van der Waals surface area (Å²) in [7, 11) is 0. The van der Waals surface area contributed by atoms with E-state index in [0.29, 0.717) is 0 Å². The summed E-state index contributed by atoms with van der Waals surface area (Å²) in [4.78, 5) is 0. The van der Waals surface area contributed by atoms with Crippen LogP contribution in [0.4, 0.5) is 4.39 Å². The van der Waals surface area contributed by atoms with Crippen LogP contribution >= 0.6 is 0 Å². The molecule has 0 saturated heterocycles. The van der Waals surface area contributed by atoms with Crippen LogP contribution in [-0.2, 0) is 6.42 Å². The number of hydrogen-bond donors (Lipinski definition) is 1. The molecule has 0 amide bonds. The monoisotopic (exact) mass is 224 g/mol. The molecular formula is C14H21FO. The SMILES string of the molecule is CCCC(C)(CO)Cc1cc(F)ccc1C. The number of rotatable bonds is 5. The Kier molecular flexibility index (Phi) is 4.48. The Balaban J connectivity index is 2.89. The molecule has 0 saturated carbocycles. The Morgan fingerprint density at radius 1 is 1.38 bits per heavy atom. The van der Waals surface area contributed by atoms with Crippen LogP contribution in [-0.4, -0.2) is 11.7 Å². The first-order valence-electron chi connectivity index (χ1n) is 5.86. The topological polar surface area (TPSA) is 20.2 Å². The predicted octanol–water partition coefficient (Wildman–Crippen LogP) is 3.48. The van der Waals surface area contributed by atoms with Crippen LogP contribution in [0.3, 0.4) is 0 Å². The van der Waals surface area contributed by atoms with Gasteiger partial charge in [0.15, 0.2) is 0 Å². The van der Waals surface area contributed by atoms with E-state index in [1.807, 2.05) is 6.92 Å². The van der Waals surface area contributed by atoms with Crippen molar-refractivity contribution in [1.82, 2.24) is 0 Å². The minimum Gasteiger partial charge on any atom is -0.396 e. The number of aryl methyl sites for hydroxylation is 1. The average Bonchev–Trinajstić information content (AvgIpc) is 2.24. The second-order valence-corrected chi connectivity index (χ2v) is 4.97. The van der Waals surface area contributed by atoms with Crippen molar-refractivity contribution >= 4 is 0 Å². The summed E-state index contributed by atoms with van der Waals surface area (Å²) in [6.45, 7) is 6.29. The Morgan fingerprint density at radius 2 is 2.06 bits per heavy atom. The van der Waals surface area contributed by atoms with Crippen molar-refractivity contribution in [2.45, 2.75) is 40.0 Å². The van der Waals surface area contributed by atoms with Gasteiger partial charge in [-0.25, -0.2) is 4.39 Å². The molecule has 0 aromatic heterocycles. The van der Waals surface area contributed by atoms with Crippen LogP contribution in [0.25, 0.3) is 0 Å². The van der Waals surface area contributed by atoms with Gasteiger partial charge in [0, 0.05) is 6.61 Å². The van der Waals surface area contributed by atoms with Gasteiger partial charge in [0.2, 0.25) is 0 Å². The fourth-order valence-electron chi connectivity index (χ4n) is 2.12. The molecule has 2 heteroatoms. The molecule has 1 N–H and O–H groups in total. The van der Waals surface area contributed by atoms with Gasteiger partial charge in [0.25, 0.3) is 0 Å². The summed E-state index contributed by atoms with van der Waals surface area (Å²) in [5.74, 6) is -0.197. The average molecular weight is 224 g/mol. The fraction of sp³-hybridized carbons (Fsp3) is 0.571. The van der Waals surface area contributed by atoms with E-state index in [1.54, 1.807) is 12.1 Å². The smallest absolute Gasteiger partial charge is 0.123 e. The van der Waals surface area contributed by atoms with Gasteiger partial charge in [-0.3, -0.25) is 0 Å². The molecule has 90 valence electrons. The molecule has 1 nitrogen and oxygen atoms in total. The van der Waals surface area contributed by atoms with Gasteiger partial charge in [-0.05, 0) is 48.4 Å². The molecule has 1 aromatic carbocycles. The van der Waals surface area contributed by atoms with E-state index in [2.05, 4.69) is 13.8 Å². The van der Waals surface area contributed by atoms with Crippen molar-refractivity contribution in [3.63, 3.8) is 0 Å². The van der Waals surface area contributed by atoms with Crippen LogP contribution in [0.2, 0.25) is 0 Å². The van der Waals surface area contributed by atoms with Crippen LogP contribution in [0.5, 0.6) is 0 Å². The largest absolute Gasteiger partial charge is 0.396 e. The van der Waals surface area contributed by atoms with E-state index in [1.165, 1.54) is 6.07 Å². The predicted molar refractivity (Wildman–Crippen MR) is 64.9 cm³/mol. The molecule has 0 radical (unpaired) electrons. The number of aliphatic hydroxyl groups excluding tert-OH is 1. The van der Waals surface area contributed by atoms with Crippen LogP contribution in [0, 0.1) is 18.2 Å². The summed E-state index contributed by atoms with van der Waals surface area (Å²) in [6.07, 6.45) is 2.73. The Hall–Kier alpha value is -0.890. The van der Waals surface area contributed by atoms with Gasteiger partial charge in [-0.15, -0.1) is 0 Å². The van der Waals surface area contributed by atoms with E-state index in [9.17, 15) is 9.50 Å². The van der Waals surface area contributed by atoms with Gasteiger partial charge in [-0.2, -0.15) is 0 Å². The van der Waals surface area contributed by atoms with Crippen molar-refractivity contribution in [1.29, 1.82) is 0 Å². The second-order valence-electron chi connectivity index (χ2n) is 4.97. The number of hydrogen-bond acceptors (Lipinski definition) is 1. The molecular weight excluding hydrogens is 203 g/mol. The van der Waals surface area contributed by atoms with Gasteiger partial charge < -0.3 is 5.11 Å². The lowest BCUT2D eigenvalue weighted by atomic mass is 9.79. The summed E-state index contributed by atoms with van der Waals surface area (Å²) in [5.41, 5.74) is 1.97. The lowest BCUT2D eigenvalue weighted by Gasteiger charge is -2.27. The molecule has 0 spiro atoms. The first-order valence-corrected chi connectivity index (χ1v) is 5.86.